The zero-order valence-corrected chi connectivity index (χ0v) is 12.2. The second-order valence-electron chi connectivity index (χ2n) is 4.56. The minimum atomic E-state index is -3.30. The maximum Gasteiger partial charge on any atom is 0.243 e. The van der Waals surface area contributed by atoms with E-state index in [-0.39, 0.29) is 0 Å². The van der Waals surface area contributed by atoms with Gasteiger partial charge in [0.2, 0.25) is 10.0 Å². The Kier molecular flexibility index (Phi) is 3.90. The SMILES string of the molecule is CC1CCCN(S(=O)(=O)c2ccc(Br)cc2)C1. The van der Waals surface area contributed by atoms with Gasteiger partial charge in [-0.2, -0.15) is 4.31 Å². The number of rotatable bonds is 2. The molecule has 1 saturated heterocycles. The van der Waals surface area contributed by atoms with Crippen molar-refractivity contribution in [3.63, 3.8) is 0 Å². The molecule has 1 atom stereocenters. The first-order valence-corrected chi connectivity index (χ1v) is 7.99. The topological polar surface area (TPSA) is 37.4 Å². The molecule has 1 aliphatic rings. The number of benzene rings is 1. The molecule has 1 heterocycles. The average molecular weight is 318 g/mol. The Morgan fingerprint density at radius 1 is 1.29 bits per heavy atom. The van der Waals surface area contributed by atoms with Crippen LogP contribution in [0.2, 0.25) is 0 Å². The Hall–Kier alpha value is -0.390. The Bertz CT molecular complexity index is 484. The van der Waals surface area contributed by atoms with Crippen LogP contribution in [0.1, 0.15) is 19.8 Å². The summed E-state index contributed by atoms with van der Waals surface area (Å²) in [5.74, 6) is 0.453. The maximum absolute atomic E-state index is 12.4. The van der Waals surface area contributed by atoms with Crippen LogP contribution < -0.4 is 0 Å². The van der Waals surface area contributed by atoms with Crippen molar-refractivity contribution in [2.75, 3.05) is 13.1 Å². The Labute approximate surface area is 111 Å². The van der Waals surface area contributed by atoms with E-state index < -0.39 is 10.0 Å². The smallest absolute Gasteiger partial charge is 0.207 e. The first kappa shape index (κ1) is 13.1. The van der Waals surface area contributed by atoms with E-state index in [1.807, 2.05) is 0 Å². The first-order chi connectivity index (χ1) is 8.00. The van der Waals surface area contributed by atoms with Crippen molar-refractivity contribution >= 4 is 26.0 Å². The van der Waals surface area contributed by atoms with Gasteiger partial charge < -0.3 is 0 Å². The highest BCUT2D eigenvalue weighted by atomic mass is 79.9. The molecule has 5 heteroatoms. The Balaban J connectivity index is 2.26. The van der Waals surface area contributed by atoms with E-state index >= 15 is 0 Å². The maximum atomic E-state index is 12.4. The van der Waals surface area contributed by atoms with E-state index in [4.69, 9.17) is 0 Å². The third-order valence-corrected chi connectivity index (χ3v) is 5.48. The minimum absolute atomic E-state index is 0.384. The Morgan fingerprint density at radius 2 is 1.94 bits per heavy atom. The molecule has 0 amide bonds. The van der Waals surface area contributed by atoms with E-state index in [0.29, 0.717) is 23.9 Å². The highest BCUT2D eigenvalue weighted by Gasteiger charge is 2.28. The number of sulfonamides is 1. The summed E-state index contributed by atoms with van der Waals surface area (Å²) < 4.78 is 27.2. The van der Waals surface area contributed by atoms with Crippen molar-refractivity contribution in [2.45, 2.75) is 24.7 Å². The molecule has 3 nitrogen and oxygen atoms in total. The fourth-order valence-electron chi connectivity index (χ4n) is 2.12. The monoisotopic (exact) mass is 317 g/mol. The van der Waals surface area contributed by atoms with Gasteiger partial charge in [-0.05, 0) is 43.0 Å². The summed E-state index contributed by atoms with van der Waals surface area (Å²) in [6.45, 7) is 3.38. The van der Waals surface area contributed by atoms with Crippen LogP contribution in [0.25, 0.3) is 0 Å². The van der Waals surface area contributed by atoms with Gasteiger partial charge in [-0.3, -0.25) is 0 Å². The zero-order valence-electron chi connectivity index (χ0n) is 9.77. The number of hydrogen-bond donors (Lipinski definition) is 0. The van der Waals surface area contributed by atoms with Crippen LogP contribution in [0.15, 0.2) is 33.6 Å². The lowest BCUT2D eigenvalue weighted by Crippen LogP contribution is -2.39. The lowest BCUT2D eigenvalue weighted by Gasteiger charge is -2.30. The molecule has 0 spiro atoms. The predicted octanol–water partition coefficient (Wildman–Crippen LogP) is 2.87. The van der Waals surface area contributed by atoms with Crippen molar-refractivity contribution in [3.8, 4) is 0 Å². The van der Waals surface area contributed by atoms with Gasteiger partial charge in [0.25, 0.3) is 0 Å². The predicted molar refractivity (Wildman–Crippen MR) is 71.3 cm³/mol. The van der Waals surface area contributed by atoms with Crippen molar-refractivity contribution in [1.82, 2.24) is 4.31 Å². The molecule has 1 fully saturated rings. The van der Waals surface area contributed by atoms with Crippen molar-refractivity contribution in [3.05, 3.63) is 28.7 Å². The van der Waals surface area contributed by atoms with Gasteiger partial charge in [0, 0.05) is 17.6 Å². The summed E-state index contributed by atoms with van der Waals surface area (Å²) >= 11 is 3.31. The molecule has 2 rings (SSSR count). The molecule has 0 bridgehead atoms. The largest absolute Gasteiger partial charge is 0.243 e. The van der Waals surface area contributed by atoms with Crippen LogP contribution >= 0.6 is 15.9 Å². The molecule has 94 valence electrons. The summed E-state index contributed by atoms with van der Waals surface area (Å²) in [6, 6.07) is 6.83. The number of piperidine rings is 1. The molecule has 0 N–H and O–H groups in total. The van der Waals surface area contributed by atoms with Gasteiger partial charge in [0.05, 0.1) is 4.90 Å². The van der Waals surface area contributed by atoms with Gasteiger partial charge in [0.15, 0.2) is 0 Å². The first-order valence-electron chi connectivity index (χ1n) is 5.76. The number of hydrogen-bond acceptors (Lipinski definition) is 2. The molecule has 0 aromatic heterocycles. The van der Waals surface area contributed by atoms with Gasteiger partial charge in [0.1, 0.15) is 0 Å². The molecule has 0 radical (unpaired) electrons. The fourth-order valence-corrected chi connectivity index (χ4v) is 3.98. The Morgan fingerprint density at radius 3 is 2.53 bits per heavy atom. The number of nitrogens with zero attached hydrogens (tertiary/aromatic N) is 1. The normalized spacial score (nSPS) is 22.6. The van der Waals surface area contributed by atoms with Gasteiger partial charge in [-0.1, -0.05) is 22.9 Å². The third kappa shape index (κ3) is 2.89. The van der Waals surface area contributed by atoms with E-state index in [0.717, 1.165) is 17.3 Å². The molecule has 1 aliphatic heterocycles. The highest BCUT2D eigenvalue weighted by molar-refractivity contribution is 9.10. The van der Waals surface area contributed by atoms with Crippen LogP contribution in [-0.2, 0) is 10.0 Å². The van der Waals surface area contributed by atoms with Crippen molar-refractivity contribution in [1.29, 1.82) is 0 Å². The summed E-state index contributed by atoms with van der Waals surface area (Å²) in [4.78, 5) is 0.384. The molecule has 0 saturated carbocycles. The third-order valence-electron chi connectivity index (χ3n) is 3.07. The highest BCUT2D eigenvalue weighted by Crippen LogP contribution is 2.24. The molecule has 1 unspecified atom stereocenters. The second kappa shape index (κ2) is 5.08. The summed E-state index contributed by atoms with van der Waals surface area (Å²) in [6.07, 6.45) is 2.07. The quantitative estimate of drug-likeness (QED) is 0.841. The van der Waals surface area contributed by atoms with Crippen molar-refractivity contribution in [2.24, 2.45) is 5.92 Å². The summed E-state index contributed by atoms with van der Waals surface area (Å²) in [5.41, 5.74) is 0. The molecular formula is C12H16BrNO2S. The van der Waals surface area contributed by atoms with E-state index in [1.54, 1.807) is 28.6 Å². The zero-order chi connectivity index (χ0) is 12.5. The average Bonchev–Trinajstić information content (AvgIpc) is 2.29. The molecule has 17 heavy (non-hydrogen) atoms. The van der Waals surface area contributed by atoms with E-state index in [1.165, 1.54) is 0 Å². The number of halogens is 1. The summed E-state index contributed by atoms with van der Waals surface area (Å²) in [7, 11) is -3.30. The minimum Gasteiger partial charge on any atom is -0.207 e. The van der Waals surface area contributed by atoms with Crippen LogP contribution in [0.3, 0.4) is 0 Å². The van der Waals surface area contributed by atoms with Crippen LogP contribution in [-0.4, -0.2) is 25.8 Å². The van der Waals surface area contributed by atoms with Crippen LogP contribution in [0.4, 0.5) is 0 Å². The fraction of sp³-hybridized carbons (Fsp3) is 0.500. The van der Waals surface area contributed by atoms with E-state index in [9.17, 15) is 8.42 Å². The molecular weight excluding hydrogens is 302 g/mol. The van der Waals surface area contributed by atoms with Gasteiger partial charge in [-0.15, -0.1) is 0 Å². The van der Waals surface area contributed by atoms with Crippen LogP contribution in [0, 0.1) is 5.92 Å². The second-order valence-corrected chi connectivity index (χ2v) is 7.42. The van der Waals surface area contributed by atoms with Crippen molar-refractivity contribution < 1.29 is 8.42 Å². The van der Waals surface area contributed by atoms with E-state index in [2.05, 4.69) is 22.9 Å². The lowest BCUT2D eigenvalue weighted by molar-refractivity contribution is 0.281. The standard InChI is InChI=1S/C12H16BrNO2S/c1-10-3-2-8-14(9-10)17(15,16)12-6-4-11(13)5-7-12/h4-7,10H,2-3,8-9H2,1H3. The molecule has 1 aromatic carbocycles. The molecule has 0 aliphatic carbocycles. The van der Waals surface area contributed by atoms with Gasteiger partial charge in [-0.25, -0.2) is 8.42 Å². The van der Waals surface area contributed by atoms with Gasteiger partial charge >= 0.3 is 0 Å². The van der Waals surface area contributed by atoms with Crippen LogP contribution in [0.5, 0.6) is 0 Å². The summed E-state index contributed by atoms with van der Waals surface area (Å²) in [5, 5.41) is 0. The molecule has 1 aromatic rings. The lowest BCUT2D eigenvalue weighted by atomic mass is 10.0.